The van der Waals surface area contributed by atoms with Crippen LogP contribution in [0, 0.1) is 11.7 Å². The van der Waals surface area contributed by atoms with Crippen molar-refractivity contribution in [3.63, 3.8) is 0 Å². The molecule has 0 spiro atoms. The van der Waals surface area contributed by atoms with Gasteiger partial charge in [-0.1, -0.05) is 25.1 Å². The lowest BCUT2D eigenvalue weighted by Crippen LogP contribution is -2.26. The zero-order valence-corrected chi connectivity index (χ0v) is 11.4. The first kappa shape index (κ1) is 14.6. The third-order valence-corrected chi connectivity index (χ3v) is 2.75. The van der Waals surface area contributed by atoms with E-state index in [1.165, 1.54) is 6.07 Å². The van der Waals surface area contributed by atoms with Crippen molar-refractivity contribution in [2.45, 2.75) is 13.8 Å². The smallest absolute Gasteiger partial charge is 0.162 e. The van der Waals surface area contributed by atoms with Gasteiger partial charge in [-0.05, 0) is 38.7 Å². The first-order valence-corrected chi connectivity index (χ1v) is 6.03. The van der Waals surface area contributed by atoms with E-state index >= 15 is 0 Å². The standard InChI is InChI=1S/C15H20FNO/c1-11(15(18)12(2)10-17(3)4)9-13-7-5-6-8-14(13)16/h5-9,12H,10H2,1-4H3/b11-9+. The molecule has 0 radical (unpaired) electrons. The first-order chi connectivity index (χ1) is 8.41. The Morgan fingerprint density at radius 2 is 2.00 bits per heavy atom. The summed E-state index contributed by atoms with van der Waals surface area (Å²) in [6.45, 7) is 4.32. The molecule has 0 N–H and O–H groups in total. The van der Waals surface area contributed by atoms with Crippen LogP contribution in [0.25, 0.3) is 6.08 Å². The summed E-state index contributed by atoms with van der Waals surface area (Å²) in [6.07, 6.45) is 1.61. The number of benzene rings is 1. The average molecular weight is 249 g/mol. The highest BCUT2D eigenvalue weighted by Gasteiger charge is 2.15. The minimum absolute atomic E-state index is 0.0620. The van der Waals surface area contributed by atoms with Gasteiger partial charge in [-0.25, -0.2) is 4.39 Å². The zero-order chi connectivity index (χ0) is 13.7. The van der Waals surface area contributed by atoms with Gasteiger partial charge < -0.3 is 4.90 Å². The molecule has 0 heterocycles. The van der Waals surface area contributed by atoms with Crippen molar-refractivity contribution in [2.24, 2.45) is 5.92 Å². The number of ketones is 1. The topological polar surface area (TPSA) is 20.3 Å². The van der Waals surface area contributed by atoms with Crippen molar-refractivity contribution in [3.8, 4) is 0 Å². The lowest BCUT2D eigenvalue weighted by atomic mass is 9.98. The Labute approximate surface area is 108 Å². The van der Waals surface area contributed by atoms with E-state index in [2.05, 4.69) is 0 Å². The van der Waals surface area contributed by atoms with Gasteiger partial charge in [-0.3, -0.25) is 4.79 Å². The van der Waals surface area contributed by atoms with Crippen LogP contribution in [0.1, 0.15) is 19.4 Å². The van der Waals surface area contributed by atoms with Crippen LogP contribution in [-0.2, 0) is 4.79 Å². The lowest BCUT2D eigenvalue weighted by Gasteiger charge is -2.16. The summed E-state index contributed by atoms with van der Waals surface area (Å²) in [6, 6.07) is 6.46. The molecule has 0 fully saturated rings. The fraction of sp³-hybridized carbons (Fsp3) is 0.400. The van der Waals surface area contributed by atoms with Crippen molar-refractivity contribution in [2.75, 3.05) is 20.6 Å². The highest BCUT2D eigenvalue weighted by molar-refractivity contribution is 6.00. The summed E-state index contributed by atoms with van der Waals surface area (Å²) >= 11 is 0. The van der Waals surface area contributed by atoms with Crippen molar-refractivity contribution >= 4 is 11.9 Å². The molecule has 98 valence electrons. The van der Waals surface area contributed by atoms with Gasteiger partial charge in [-0.2, -0.15) is 0 Å². The van der Waals surface area contributed by atoms with E-state index in [-0.39, 0.29) is 17.5 Å². The van der Waals surface area contributed by atoms with Crippen molar-refractivity contribution in [3.05, 3.63) is 41.2 Å². The molecule has 1 atom stereocenters. The predicted octanol–water partition coefficient (Wildman–Crippen LogP) is 3.00. The molecule has 0 bridgehead atoms. The molecule has 1 aromatic rings. The van der Waals surface area contributed by atoms with E-state index < -0.39 is 0 Å². The van der Waals surface area contributed by atoms with Crippen LogP contribution in [-0.4, -0.2) is 31.3 Å². The number of nitrogens with zero attached hydrogens (tertiary/aromatic N) is 1. The van der Waals surface area contributed by atoms with E-state index in [4.69, 9.17) is 0 Å². The van der Waals surface area contributed by atoms with Crippen LogP contribution in [0.4, 0.5) is 4.39 Å². The van der Waals surface area contributed by atoms with Crippen LogP contribution in [0.2, 0.25) is 0 Å². The van der Waals surface area contributed by atoms with E-state index in [9.17, 15) is 9.18 Å². The third kappa shape index (κ3) is 4.08. The molecule has 0 saturated heterocycles. The Bertz CT molecular complexity index is 452. The maximum atomic E-state index is 13.5. The Morgan fingerprint density at radius 3 is 2.56 bits per heavy atom. The molecular formula is C15H20FNO. The third-order valence-electron chi connectivity index (χ3n) is 2.75. The quantitative estimate of drug-likeness (QED) is 0.748. The van der Waals surface area contributed by atoms with Gasteiger partial charge >= 0.3 is 0 Å². The van der Waals surface area contributed by atoms with E-state index in [1.807, 2.05) is 25.9 Å². The minimum atomic E-state index is -0.301. The van der Waals surface area contributed by atoms with Crippen molar-refractivity contribution in [1.82, 2.24) is 4.90 Å². The van der Waals surface area contributed by atoms with E-state index in [1.54, 1.807) is 31.2 Å². The second kappa shape index (κ2) is 6.45. The number of rotatable bonds is 5. The predicted molar refractivity (Wildman–Crippen MR) is 72.8 cm³/mol. The van der Waals surface area contributed by atoms with Crippen molar-refractivity contribution in [1.29, 1.82) is 0 Å². The second-order valence-corrected chi connectivity index (χ2v) is 4.88. The molecule has 2 nitrogen and oxygen atoms in total. The summed E-state index contributed by atoms with van der Waals surface area (Å²) < 4.78 is 13.5. The number of carbonyl (C=O) groups is 1. The monoisotopic (exact) mass is 249 g/mol. The molecular weight excluding hydrogens is 229 g/mol. The zero-order valence-electron chi connectivity index (χ0n) is 11.4. The number of halogens is 1. The van der Waals surface area contributed by atoms with Crippen LogP contribution in [0.5, 0.6) is 0 Å². The number of hydrogen-bond donors (Lipinski definition) is 0. The highest BCUT2D eigenvalue weighted by atomic mass is 19.1. The summed E-state index contributed by atoms with van der Waals surface area (Å²) in [5, 5.41) is 0. The number of carbonyl (C=O) groups excluding carboxylic acids is 1. The highest BCUT2D eigenvalue weighted by Crippen LogP contribution is 2.14. The van der Waals surface area contributed by atoms with Gasteiger partial charge in [0, 0.05) is 18.0 Å². The molecule has 3 heteroatoms. The van der Waals surface area contributed by atoms with Gasteiger partial charge in [0.15, 0.2) is 5.78 Å². The molecule has 1 rings (SSSR count). The van der Waals surface area contributed by atoms with E-state index in [0.717, 1.165) is 0 Å². The maximum Gasteiger partial charge on any atom is 0.162 e. The van der Waals surface area contributed by atoms with Gasteiger partial charge in [0.05, 0.1) is 0 Å². The number of hydrogen-bond acceptors (Lipinski definition) is 2. The molecule has 1 aromatic carbocycles. The van der Waals surface area contributed by atoms with Crippen molar-refractivity contribution < 1.29 is 9.18 Å². The Hall–Kier alpha value is -1.48. The molecule has 0 amide bonds. The molecule has 18 heavy (non-hydrogen) atoms. The Morgan fingerprint density at radius 1 is 1.39 bits per heavy atom. The van der Waals surface area contributed by atoms with Crippen LogP contribution >= 0.6 is 0 Å². The largest absolute Gasteiger partial charge is 0.309 e. The van der Waals surface area contributed by atoms with Gasteiger partial charge in [0.2, 0.25) is 0 Å². The molecule has 0 aliphatic heterocycles. The maximum absolute atomic E-state index is 13.5. The van der Waals surface area contributed by atoms with Crippen LogP contribution in [0.15, 0.2) is 29.8 Å². The SMILES string of the molecule is C/C(=C\c1ccccc1F)C(=O)C(C)CN(C)C. The van der Waals surface area contributed by atoms with E-state index in [0.29, 0.717) is 17.7 Å². The minimum Gasteiger partial charge on any atom is -0.309 e. The Balaban J connectivity index is 2.84. The molecule has 0 aliphatic carbocycles. The molecule has 0 aromatic heterocycles. The molecule has 0 aliphatic rings. The van der Waals surface area contributed by atoms with Gasteiger partial charge in [-0.15, -0.1) is 0 Å². The molecule has 1 unspecified atom stereocenters. The van der Waals surface area contributed by atoms with Crippen LogP contribution < -0.4 is 0 Å². The van der Waals surface area contributed by atoms with Gasteiger partial charge in [0.25, 0.3) is 0 Å². The fourth-order valence-corrected chi connectivity index (χ4v) is 1.92. The normalized spacial score (nSPS) is 13.8. The average Bonchev–Trinajstić information content (AvgIpc) is 2.30. The first-order valence-electron chi connectivity index (χ1n) is 6.03. The summed E-state index contributed by atoms with van der Waals surface area (Å²) in [4.78, 5) is 14.0. The summed E-state index contributed by atoms with van der Waals surface area (Å²) in [7, 11) is 3.86. The molecule has 0 saturated carbocycles. The summed E-state index contributed by atoms with van der Waals surface area (Å²) in [5.41, 5.74) is 1.05. The van der Waals surface area contributed by atoms with Crippen LogP contribution in [0.3, 0.4) is 0 Å². The van der Waals surface area contributed by atoms with Gasteiger partial charge in [0.1, 0.15) is 5.82 Å². The number of Topliss-reactive ketones (excluding diaryl/α,β-unsaturated/α-hetero) is 1. The fourth-order valence-electron chi connectivity index (χ4n) is 1.92. The lowest BCUT2D eigenvalue weighted by molar-refractivity contribution is -0.119. The Kier molecular flexibility index (Phi) is 5.23. The second-order valence-electron chi connectivity index (χ2n) is 4.88. The summed E-state index contributed by atoms with van der Waals surface area (Å²) in [5.74, 6) is -0.320. The number of allylic oxidation sites excluding steroid dienone is 1.